The maximum atomic E-state index is 12.7. The van der Waals surface area contributed by atoms with Gasteiger partial charge in [0, 0.05) is 19.6 Å². The molecule has 7 nitrogen and oxygen atoms in total. The van der Waals surface area contributed by atoms with Crippen molar-refractivity contribution >= 4 is 16.1 Å². The van der Waals surface area contributed by atoms with Crippen molar-refractivity contribution in [2.45, 2.75) is 12.3 Å². The average molecular weight is 396 g/mol. The van der Waals surface area contributed by atoms with Crippen molar-refractivity contribution in [2.75, 3.05) is 38.6 Å². The summed E-state index contributed by atoms with van der Waals surface area (Å²) in [5, 5.41) is 0. The molecule has 1 atom stereocenters. The van der Waals surface area contributed by atoms with Gasteiger partial charge in [-0.2, -0.15) is 13.2 Å². The lowest BCUT2D eigenvalue weighted by molar-refractivity contribution is -0.137. The fourth-order valence-corrected chi connectivity index (χ4v) is 3.09. The number of carbonyl (C=O) groups is 1. The molecule has 1 aliphatic heterocycles. The van der Waals surface area contributed by atoms with E-state index in [0.29, 0.717) is 32.4 Å². The Hall–Kier alpha value is -1.69. The van der Waals surface area contributed by atoms with Crippen LogP contribution >= 0.6 is 0 Å². The molecule has 146 valence electrons. The summed E-state index contributed by atoms with van der Waals surface area (Å²) in [6.07, 6.45) is -5.93. The van der Waals surface area contributed by atoms with Crippen molar-refractivity contribution in [1.29, 1.82) is 0 Å². The van der Waals surface area contributed by atoms with Gasteiger partial charge in [-0.25, -0.2) is 13.2 Å². The average Bonchev–Trinajstić information content (AvgIpc) is 2.53. The smallest absolute Gasteiger partial charge is 0.416 e. The van der Waals surface area contributed by atoms with Crippen molar-refractivity contribution in [2.24, 2.45) is 0 Å². The van der Waals surface area contributed by atoms with Gasteiger partial charge >= 0.3 is 12.1 Å². The van der Waals surface area contributed by atoms with Crippen LogP contribution < -0.4 is 0 Å². The molecular formula is C15H17F3NO6S-. The first-order valence-electron chi connectivity index (χ1n) is 7.66. The van der Waals surface area contributed by atoms with E-state index in [0.717, 1.165) is 18.2 Å². The number of hydrogen-bond acceptors (Lipinski definition) is 7. The van der Waals surface area contributed by atoms with Crippen molar-refractivity contribution in [1.82, 2.24) is 4.90 Å². The van der Waals surface area contributed by atoms with Gasteiger partial charge in [0.15, 0.2) is 0 Å². The SMILES string of the molecule is O=C(OC(CN1CCOCC1)CS(=O)(=O)[O-])c1cccc(C(F)(F)F)c1. The van der Waals surface area contributed by atoms with E-state index in [1.54, 1.807) is 4.90 Å². The van der Waals surface area contributed by atoms with E-state index >= 15 is 0 Å². The minimum atomic E-state index is -4.70. The van der Waals surface area contributed by atoms with Crippen LogP contribution in [-0.2, 0) is 25.8 Å². The van der Waals surface area contributed by atoms with Gasteiger partial charge in [-0.3, -0.25) is 4.90 Å². The summed E-state index contributed by atoms with van der Waals surface area (Å²) in [6.45, 7) is 1.68. The Morgan fingerprint density at radius 3 is 2.54 bits per heavy atom. The van der Waals surface area contributed by atoms with Crippen LogP contribution in [0.2, 0.25) is 0 Å². The van der Waals surface area contributed by atoms with Gasteiger partial charge in [0.2, 0.25) is 0 Å². The molecule has 0 spiro atoms. The Morgan fingerprint density at radius 2 is 1.96 bits per heavy atom. The predicted molar refractivity (Wildman–Crippen MR) is 82.5 cm³/mol. The molecule has 0 radical (unpaired) electrons. The van der Waals surface area contributed by atoms with Crippen LogP contribution in [0, 0.1) is 0 Å². The molecule has 1 aliphatic rings. The first kappa shape index (κ1) is 20.6. The zero-order valence-electron chi connectivity index (χ0n) is 13.6. The maximum Gasteiger partial charge on any atom is 0.416 e. The van der Waals surface area contributed by atoms with Gasteiger partial charge < -0.3 is 14.0 Å². The van der Waals surface area contributed by atoms with Gasteiger partial charge in [0.05, 0.1) is 40.2 Å². The van der Waals surface area contributed by atoms with Crippen LogP contribution in [0.4, 0.5) is 13.2 Å². The lowest BCUT2D eigenvalue weighted by atomic mass is 10.1. The van der Waals surface area contributed by atoms with Gasteiger partial charge in [-0.1, -0.05) is 6.07 Å². The van der Waals surface area contributed by atoms with Crippen LogP contribution in [0.25, 0.3) is 0 Å². The Bertz CT molecular complexity index is 731. The topological polar surface area (TPSA) is 96.0 Å². The van der Waals surface area contributed by atoms with Gasteiger partial charge in [-0.15, -0.1) is 0 Å². The zero-order chi connectivity index (χ0) is 19.4. The van der Waals surface area contributed by atoms with Crippen LogP contribution in [0.3, 0.4) is 0 Å². The fraction of sp³-hybridized carbons (Fsp3) is 0.533. The second kappa shape index (κ2) is 8.33. The highest BCUT2D eigenvalue weighted by atomic mass is 32.2. The number of rotatable bonds is 6. The predicted octanol–water partition coefficient (Wildman–Crippen LogP) is 1.11. The summed E-state index contributed by atoms with van der Waals surface area (Å²) < 4.78 is 81.5. The first-order valence-corrected chi connectivity index (χ1v) is 9.24. The number of nitrogens with zero attached hydrogens (tertiary/aromatic N) is 1. The van der Waals surface area contributed by atoms with Crippen LogP contribution in [0.15, 0.2) is 24.3 Å². The Morgan fingerprint density at radius 1 is 1.31 bits per heavy atom. The molecule has 0 saturated carbocycles. The van der Waals surface area contributed by atoms with E-state index in [1.165, 1.54) is 0 Å². The molecule has 1 fully saturated rings. The van der Waals surface area contributed by atoms with Crippen molar-refractivity contribution in [3.8, 4) is 0 Å². The largest absolute Gasteiger partial charge is 0.748 e. The fourth-order valence-electron chi connectivity index (χ4n) is 2.47. The number of benzene rings is 1. The standard InChI is InChI=1S/C15H18F3NO6S/c16-15(17,18)12-3-1-2-11(8-12)14(20)25-13(10-26(21,22)23)9-19-4-6-24-7-5-19/h1-3,8,13H,4-7,9-10H2,(H,21,22,23)/p-1. The zero-order valence-corrected chi connectivity index (χ0v) is 14.4. The number of alkyl halides is 3. The summed E-state index contributed by atoms with van der Waals surface area (Å²) >= 11 is 0. The van der Waals surface area contributed by atoms with E-state index in [2.05, 4.69) is 0 Å². The van der Waals surface area contributed by atoms with Gasteiger partial charge in [-0.05, 0) is 18.2 Å². The molecule has 0 aliphatic carbocycles. The lowest BCUT2D eigenvalue weighted by Gasteiger charge is -2.30. The molecule has 1 aromatic rings. The third kappa shape index (κ3) is 6.56. The quantitative estimate of drug-likeness (QED) is 0.525. The molecule has 26 heavy (non-hydrogen) atoms. The Balaban J connectivity index is 2.12. The van der Waals surface area contributed by atoms with E-state index in [9.17, 15) is 30.9 Å². The number of morpholine rings is 1. The molecule has 1 saturated heterocycles. The first-order chi connectivity index (χ1) is 12.0. The third-order valence-electron chi connectivity index (χ3n) is 3.65. The summed E-state index contributed by atoms with van der Waals surface area (Å²) in [4.78, 5) is 13.9. The molecule has 11 heteroatoms. The van der Waals surface area contributed by atoms with Crippen LogP contribution in [0.5, 0.6) is 0 Å². The molecule has 0 amide bonds. The van der Waals surface area contributed by atoms with Crippen LogP contribution in [0.1, 0.15) is 15.9 Å². The highest BCUT2D eigenvalue weighted by molar-refractivity contribution is 7.85. The molecule has 1 heterocycles. The second-order valence-electron chi connectivity index (χ2n) is 5.74. The highest BCUT2D eigenvalue weighted by Crippen LogP contribution is 2.29. The minimum absolute atomic E-state index is 0.0322. The summed E-state index contributed by atoms with van der Waals surface area (Å²) in [7, 11) is -4.70. The van der Waals surface area contributed by atoms with E-state index in [4.69, 9.17) is 9.47 Å². The molecule has 0 N–H and O–H groups in total. The molecule has 1 aromatic carbocycles. The number of halogens is 3. The third-order valence-corrected chi connectivity index (χ3v) is 4.43. The second-order valence-corrected chi connectivity index (χ2v) is 7.19. The lowest BCUT2D eigenvalue weighted by Crippen LogP contribution is -2.44. The molecular weight excluding hydrogens is 379 g/mol. The van der Waals surface area contributed by atoms with E-state index < -0.39 is 39.7 Å². The normalized spacial score (nSPS) is 17.7. The van der Waals surface area contributed by atoms with E-state index in [-0.39, 0.29) is 12.1 Å². The highest BCUT2D eigenvalue weighted by Gasteiger charge is 2.31. The van der Waals surface area contributed by atoms with Crippen molar-refractivity contribution in [3.63, 3.8) is 0 Å². The van der Waals surface area contributed by atoms with Gasteiger partial charge in [0.1, 0.15) is 6.10 Å². The number of carbonyl (C=O) groups excluding carboxylic acids is 1. The summed E-state index contributed by atoms with van der Waals surface area (Å²) in [5.41, 5.74) is -1.41. The van der Waals surface area contributed by atoms with Crippen molar-refractivity contribution < 1.29 is 40.4 Å². The number of ether oxygens (including phenoxy) is 2. The monoisotopic (exact) mass is 396 g/mol. The molecule has 2 rings (SSSR count). The molecule has 0 aromatic heterocycles. The summed E-state index contributed by atoms with van der Waals surface area (Å²) in [5.74, 6) is -2.09. The summed E-state index contributed by atoms with van der Waals surface area (Å²) in [6, 6.07) is 3.57. The molecule has 1 unspecified atom stereocenters. The molecule has 0 bridgehead atoms. The minimum Gasteiger partial charge on any atom is -0.748 e. The van der Waals surface area contributed by atoms with Gasteiger partial charge in [0.25, 0.3) is 0 Å². The van der Waals surface area contributed by atoms with Crippen LogP contribution in [-0.4, -0.2) is 68.5 Å². The van der Waals surface area contributed by atoms with E-state index in [1.807, 2.05) is 0 Å². The number of esters is 1. The Labute approximate surface area is 148 Å². The Kier molecular flexibility index (Phi) is 6.61. The van der Waals surface area contributed by atoms with Crippen molar-refractivity contribution in [3.05, 3.63) is 35.4 Å². The number of hydrogen-bond donors (Lipinski definition) is 0. The maximum absolute atomic E-state index is 12.7.